The number of amides is 1. The summed E-state index contributed by atoms with van der Waals surface area (Å²) < 4.78 is 26.9. The lowest BCUT2D eigenvalue weighted by Crippen LogP contribution is -2.52. The van der Waals surface area contributed by atoms with Crippen LogP contribution in [0.4, 0.5) is 8.78 Å². The highest BCUT2D eigenvalue weighted by molar-refractivity contribution is 5.83. The fourth-order valence-electron chi connectivity index (χ4n) is 4.53. The van der Waals surface area contributed by atoms with Gasteiger partial charge in [0.15, 0.2) is 11.6 Å². The highest BCUT2D eigenvalue weighted by Gasteiger charge is 2.43. The van der Waals surface area contributed by atoms with E-state index >= 15 is 0 Å². The first-order chi connectivity index (χ1) is 12.5. The summed E-state index contributed by atoms with van der Waals surface area (Å²) in [6.07, 6.45) is 1.77. The summed E-state index contributed by atoms with van der Waals surface area (Å²) in [6.45, 7) is 2.55. The van der Waals surface area contributed by atoms with Crippen LogP contribution in [0, 0.1) is 17.6 Å². The number of benzene rings is 1. The van der Waals surface area contributed by atoms with Gasteiger partial charge in [-0.05, 0) is 44.1 Å². The molecule has 142 valence electrons. The molecule has 0 radical (unpaired) electrons. The van der Waals surface area contributed by atoms with Gasteiger partial charge in [0.2, 0.25) is 5.91 Å². The minimum atomic E-state index is -0.856. The van der Waals surface area contributed by atoms with Gasteiger partial charge in [0.25, 0.3) is 0 Å². The van der Waals surface area contributed by atoms with E-state index in [9.17, 15) is 13.6 Å². The molecule has 3 saturated heterocycles. The summed E-state index contributed by atoms with van der Waals surface area (Å²) in [5, 5.41) is 6.48. The second-order valence-electron chi connectivity index (χ2n) is 7.53. The van der Waals surface area contributed by atoms with Gasteiger partial charge in [0.1, 0.15) is 6.04 Å². The molecular weight excluding hydrogens is 340 g/mol. The first-order valence-corrected chi connectivity index (χ1v) is 9.22. The van der Waals surface area contributed by atoms with Crippen molar-refractivity contribution in [2.24, 2.45) is 5.92 Å². The average molecular weight is 365 g/mol. The van der Waals surface area contributed by atoms with E-state index < -0.39 is 11.6 Å². The van der Waals surface area contributed by atoms with E-state index in [1.54, 1.807) is 6.07 Å². The number of nitrogens with zero attached hydrogens (tertiary/aromatic N) is 1. The highest BCUT2D eigenvalue weighted by Crippen LogP contribution is 2.32. The summed E-state index contributed by atoms with van der Waals surface area (Å²) >= 11 is 0. The Morgan fingerprint density at radius 3 is 2.88 bits per heavy atom. The van der Waals surface area contributed by atoms with Crippen LogP contribution in [0.3, 0.4) is 0 Å². The second kappa shape index (κ2) is 7.19. The second-order valence-corrected chi connectivity index (χ2v) is 7.53. The van der Waals surface area contributed by atoms with Crippen LogP contribution in [0.15, 0.2) is 18.2 Å². The summed E-state index contributed by atoms with van der Waals surface area (Å²) in [7, 11) is 1.94. The molecule has 1 aromatic carbocycles. The van der Waals surface area contributed by atoms with Gasteiger partial charge in [-0.1, -0.05) is 6.07 Å². The maximum absolute atomic E-state index is 13.7. The molecule has 6 nitrogen and oxygen atoms in total. The number of hydrogen-bond donors (Lipinski definition) is 4. The van der Waals surface area contributed by atoms with Crippen LogP contribution in [-0.2, 0) is 4.79 Å². The van der Waals surface area contributed by atoms with Crippen LogP contribution in [-0.4, -0.2) is 55.6 Å². The van der Waals surface area contributed by atoms with Crippen LogP contribution in [0.5, 0.6) is 0 Å². The standard InChI is InChI=1S/C18H25F2N5O/c1-25-7-5-15(17(25)10-2-3-12(19)13(20)8-10)22-18(26)16-11-9-21-6-4-14(11)23-24-16/h2-3,8,11,14-17,21,23-24H,4-7,9H2,1H3,(H,22,26). The Hall–Kier alpha value is -1.61. The topological polar surface area (TPSA) is 68.4 Å². The smallest absolute Gasteiger partial charge is 0.239 e. The third-order valence-corrected chi connectivity index (χ3v) is 5.93. The molecule has 1 aromatic rings. The van der Waals surface area contributed by atoms with Gasteiger partial charge in [-0.2, -0.15) is 0 Å². The quantitative estimate of drug-likeness (QED) is 0.620. The van der Waals surface area contributed by atoms with Crippen LogP contribution < -0.4 is 21.5 Å². The van der Waals surface area contributed by atoms with Crippen LogP contribution in [0.2, 0.25) is 0 Å². The Morgan fingerprint density at radius 1 is 1.23 bits per heavy atom. The number of carbonyl (C=O) groups is 1. The Kier molecular flexibility index (Phi) is 4.92. The molecule has 8 heteroatoms. The number of hydrogen-bond acceptors (Lipinski definition) is 5. The average Bonchev–Trinajstić information content (AvgIpc) is 3.21. The largest absolute Gasteiger partial charge is 0.350 e. The number of rotatable bonds is 3. The molecule has 0 bridgehead atoms. The van der Waals surface area contributed by atoms with E-state index in [-0.39, 0.29) is 30.0 Å². The zero-order valence-electron chi connectivity index (χ0n) is 14.8. The predicted octanol–water partition coefficient (Wildman–Crippen LogP) is 0.281. The van der Waals surface area contributed by atoms with Crippen molar-refractivity contribution < 1.29 is 13.6 Å². The van der Waals surface area contributed by atoms with Crippen molar-refractivity contribution in [3.63, 3.8) is 0 Å². The summed E-state index contributed by atoms with van der Waals surface area (Å²) in [4.78, 5) is 14.9. The summed E-state index contributed by atoms with van der Waals surface area (Å²) in [6, 6.07) is 3.71. The molecule has 0 aliphatic carbocycles. The number of carbonyl (C=O) groups excluding carboxylic acids is 1. The van der Waals surface area contributed by atoms with E-state index in [1.165, 1.54) is 6.07 Å². The molecule has 3 aliphatic rings. The normalized spacial score (nSPS) is 34.7. The molecule has 0 saturated carbocycles. The van der Waals surface area contributed by atoms with Gasteiger partial charge in [0.05, 0.1) is 6.04 Å². The van der Waals surface area contributed by atoms with Crippen molar-refractivity contribution in [3.8, 4) is 0 Å². The van der Waals surface area contributed by atoms with Gasteiger partial charge < -0.3 is 10.6 Å². The van der Waals surface area contributed by atoms with E-state index in [2.05, 4.69) is 26.4 Å². The lowest BCUT2D eigenvalue weighted by atomic mass is 9.88. The van der Waals surface area contributed by atoms with E-state index in [0.29, 0.717) is 11.6 Å². The number of nitrogens with one attached hydrogen (secondary N) is 4. The molecule has 4 N–H and O–H groups in total. The maximum atomic E-state index is 13.7. The van der Waals surface area contributed by atoms with Gasteiger partial charge in [-0.25, -0.2) is 14.2 Å². The van der Waals surface area contributed by atoms with E-state index in [4.69, 9.17) is 0 Å². The third kappa shape index (κ3) is 3.22. The van der Waals surface area contributed by atoms with Crippen molar-refractivity contribution in [2.45, 2.75) is 37.0 Å². The minimum absolute atomic E-state index is 0.0402. The molecule has 4 rings (SSSR count). The molecule has 3 aliphatic heterocycles. The highest BCUT2D eigenvalue weighted by atomic mass is 19.2. The predicted molar refractivity (Wildman–Crippen MR) is 93.1 cm³/mol. The Balaban J connectivity index is 1.47. The molecule has 3 heterocycles. The number of likely N-dealkylation sites (tertiary alicyclic amines) is 1. The zero-order valence-corrected chi connectivity index (χ0v) is 14.8. The summed E-state index contributed by atoms with van der Waals surface area (Å²) in [5.74, 6) is -1.54. The van der Waals surface area contributed by atoms with Crippen molar-refractivity contribution in [1.29, 1.82) is 0 Å². The lowest BCUT2D eigenvalue weighted by Gasteiger charge is -2.30. The fourth-order valence-corrected chi connectivity index (χ4v) is 4.53. The van der Waals surface area contributed by atoms with Crippen LogP contribution in [0.25, 0.3) is 0 Å². The minimum Gasteiger partial charge on any atom is -0.350 e. The monoisotopic (exact) mass is 365 g/mol. The molecule has 0 aromatic heterocycles. The first kappa shape index (κ1) is 17.8. The lowest BCUT2D eigenvalue weighted by molar-refractivity contribution is -0.124. The molecule has 5 atom stereocenters. The van der Waals surface area contributed by atoms with Crippen molar-refractivity contribution in [3.05, 3.63) is 35.4 Å². The van der Waals surface area contributed by atoms with E-state index in [0.717, 1.165) is 38.5 Å². The van der Waals surface area contributed by atoms with Crippen LogP contribution >= 0.6 is 0 Å². The zero-order chi connectivity index (χ0) is 18.3. The Bertz CT molecular complexity index is 688. The summed E-state index contributed by atoms with van der Waals surface area (Å²) in [5.41, 5.74) is 7.04. The van der Waals surface area contributed by atoms with Crippen molar-refractivity contribution in [1.82, 2.24) is 26.4 Å². The maximum Gasteiger partial charge on any atom is 0.239 e. The molecule has 1 amide bonds. The van der Waals surface area contributed by atoms with Gasteiger partial charge >= 0.3 is 0 Å². The number of halogens is 2. The van der Waals surface area contributed by atoms with Crippen molar-refractivity contribution >= 4 is 5.91 Å². The Morgan fingerprint density at radius 2 is 2.08 bits per heavy atom. The van der Waals surface area contributed by atoms with E-state index in [1.807, 2.05) is 7.05 Å². The Labute approximate surface area is 151 Å². The number of likely N-dealkylation sites (N-methyl/N-ethyl adjacent to an activating group) is 1. The molecular formula is C18H25F2N5O. The number of piperidine rings is 1. The fraction of sp³-hybridized carbons (Fsp3) is 0.611. The molecule has 3 fully saturated rings. The SMILES string of the molecule is CN1CCC(NC(=O)C2NNC3CCNCC32)C1c1ccc(F)c(F)c1. The van der Waals surface area contributed by atoms with Gasteiger partial charge in [-0.3, -0.25) is 15.1 Å². The van der Waals surface area contributed by atoms with Crippen molar-refractivity contribution in [2.75, 3.05) is 26.7 Å². The van der Waals surface area contributed by atoms with Crippen LogP contribution in [0.1, 0.15) is 24.4 Å². The van der Waals surface area contributed by atoms with Gasteiger partial charge in [0, 0.05) is 31.1 Å². The number of hydrazine groups is 1. The van der Waals surface area contributed by atoms with Gasteiger partial charge in [-0.15, -0.1) is 0 Å². The molecule has 0 spiro atoms. The first-order valence-electron chi connectivity index (χ1n) is 9.22. The molecule has 5 unspecified atom stereocenters. The third-order valence-electron chi connectivity index (χ3n) is 5.93. The molecule has 26 heavy (non-hydrogen) atoms. The number of fused-ring (bicyclic) bond motifs is 1.